The van der Waals surface area contributed by atoms with Gasteiger partial charge < -0.3 is 10.2 Å². The molecule has 1 heterocycles. The second kappa shape index (κ2) is 6.98. The summed E-state index contributed by atoms with van der Waals surface area (Å²) in [5.74, 6) is -0.286. The standard InChI is InChI=1S/C17H25N3O3/c1-4-8-17(2)9-5-10-19(12-17)15-7-6-13(20(22)23)11-14(15)16(21)18-3/h6-7,11H,4-5,8-10,12H2,1-3H3,(H,18,21). The quantitative estimate of drug-likeness (QED) is 0.667. The maximum absolute atomic E-state index is 12.2. The van der Waals surface area contributed by atoms with E-state index in [2.05, 4.69) is 24.1 Å². The molecular formula is C17H25N3O3. The van der Waals surface area contributed by atoms with Gasteiger partial charge in [0.05, 0.1) is 16.2 Å². The molecule has 0 saturated carbocycles. The first kappa shape index (κ1) is 17.2. The minimum absolute atomic E-state index is 0.0549. The number of non-ortho nitro benzene ring substituents is 1. The van der Waals surface area contributed by atoms with Gasteiger partial charge in [0.25, 0.3) is 11.6 Å². The monoisotopic (exact) mass is 319 g/mol. The van der Waals surface area contributed by atoms with Gasteiger partial charge in [-0.25, -0.2) is 0 Å². The van der Waals surface area contributed by atoms with Crippen molar-refractivity contribution in [2.75, 3.05) is 25.0 Å². The molecule has 6 heteroatoms. The van der Waals surface area contributed by atoms with Crippen LogP contribution in [0.5, 0.6) is 0 Å². The van der Waals surface area contributed by atoms with E-state index in [0.29, 0.717) is 5.56 Å². The number of amides is 1. The van der Waals surface area contributed by atoms with Gasteiger partial charge in [-0.15, -0.1) is 0 Å². The molecule has 0 aliphatic carbocycles. The summed E-state index contributed by atoms with van der Waals surface area (Å²) < 4.78 is 0. The number of nitrogens with zero attached hydrogens (tertiary/aromatic N) is 2. The van der Waals surface area contributed by atoms with Crippen molar-refractivity contribution in [3.05, 3.63) is 33.9 Å². The molecule has 1 aliphatic heterocycles. The predicted molar refractivity (Wildman–Crippen MR) is 90.9 cm³/mol. The van der Waals surface area contributed by atoms with Crippen LogP contribution in [-0.2, 0) is 0 Å². The minimum Gasteiger partial charge on any atom is -0.370 e. The Morgan fingerprint density at radius 2 is 2.22 bits per heavy atom. The molecule has 1 aromatic carbocycles. The summed E-state index contributed by atoms with van der Waals surface area (Å²) in [6.07, 6.45) is 4.53. The van der Waals surface area contributed by atoms with E-state index < -0.39 is 4.92 Å². The molecule has 23 heavy (non-hydrogen) atoms. The minimum atomic E-state index is -0.465. The summed E-state index contributed by atoms with van der Waals surface area (Å²) in [7, 11) is 1.54. The van der Waals surface area contributed by atoms with Crippen LogP contribution in [0.15, 0.2) is 18.2 Å². The summed E-state index contributed by atoms with van der Waals surface area (Å²) in [4.78, 5) is 24.9. The van der Waals surface area contributed by atoms with E-state index in [-0.39, 0.29) is 17.0 Å². The molecule has 0 spiro atoms. The van der Waals surface area contributed by atoms with Crippen molar-refractivity contribution in [1.29, 1.82) is 0 Å². The van der Waals surface area contributed by atoms with Gasteiger partial charge in [-0.05, 0) is 30.7 Å². The first-order valence-electron chi connectivity index (χ1n) is 8.15. The molecule has 1 N–H and O–H groups in total. The topological polar surface area (TPSA) is 75.5 Å². The third-order valence-electron chi connectivity index (χ3n) is 4.64. The molecule has 1 fully saturated rings. The van der Waals surface area contributed by atoms with E-state index in [1.54, 1.807) is 13.1 Å². The molecule has 0 bridgehead atoms. The molecule has 1 aliphatic rings. The Hall–Kier alpha value is -2.11. The summed E-state index contributed by atoms with van der Waals surface area (Å²) in [6.45, 7) is 6.23. The molecule has 2 rings (SSSR count). The number of nitro benzene ring substituents is 1. The maximum Gasteiger partial charge on any atom is 0.270 e. The number of nitrogens with one attached hydrogen (secondary N) is 1. The number of carbonyl (C=O) groups excluding carboxylic acids is 1. The van der Waals surface area contributed by atoms with Crippen LogP contribution < -0.4 is 10.2 Å². The molecule has 1 amide bonds. The lowest BCUT2D eigenvalue weighted by atomic mass is 9.78. The highest BCUT2D eigenvalue weighted by Crippen LogP contribution is 2.37. The Morgan fingerprint density at radius 1 is 1.48 bits per heavy atom. The van der Waals surface area contributed by atoms with Crippen LogP contribution in [0.1, 0.15) is 49.9 Å². The fourth-order valence-corrected chi connectivity index (χ4v) is 3.56. The molecule has 6 nitrogen and oxygen atoms in total. The van der Waals surface area contributed by atoms with Crippen LogP contribution in [0.3, 0.4) is 0 Å². The zero-order valence-corrected chi connectivity index (χ0v) is 14.1. The number of carbonyl (C=O) groups is 1. The van der Waals surface area contributed by atoms with Gasteiger partial charge in [-0.2, -0.15) is 0 Å². The normalized spacial score (nSPS) is 21.1. The van der Waals surface area contributed by atoms with Gasteiger partial charge in [0.1, 0.15) is 0 Å². The number of benzene rings is 1. The molecule has 1 unspecified atom stereocenters. The van der Waals surface area contributed by atoms with Crippen molar-refractivity contribution >= 4 is 17.3 Å². The molecular weight excluding hydrogens is 294 g/mol. The third-order valence-corrected chi connectivity index (χ3v) is 4.64. The van der Waals surface area contributed by atoms with Crippen molar-refractivity contribution < 1.29 is 9.72 Å². The van der Waals surface area contributed by atoms with Crippen molar-refractivity contribution in [3.8, 4) is 0 Å². The lowest BCUT2D eigenvalue weighted by Gasteiger charge is -2.42. The second-order valence-corrected chi connectivity index (χ2v) is 6.62. The average molecular weight is 319 g/mol. The number of rotatable bonds is 5. The number of hydrogen-bond acceptors (Lipinski definition) is 4. The van der Waals surface area contributed by atoms with E-state index in [4.69, 9.17) is 0 Å². The van der Waals surface area contributed by atoms with E-state index in [0.717, 1.165) is 38.0 Å². The summed E-state index contributed by atoms with van der Waals surface area (Å²) in [5, 5.41) is 13.6. The molecule has 1 saturated heterocycles. The van der Waals surface area contributed by atoms with Crippen molar-refractivity contribution in [2.45, 2.75) is 39.5 Å². The van der Waals surface area contributed by atoms with Gasteiger partial charge >= 0.3 is 0 Å². The molecule has 126 valence electrons. The highest BCUT2D eigenvalue weighted by atomic mass is 16.6. The number of anilines is 1. The van der Waals surface area contributed by atoms with Crippen LogP contribution >= 0.6 is 0 Å². The lowest BCUT2D eigenvalue weighted by Crippen LogP contribution is -2.42. The van der Waals surface area contributed by atoms with Crippen LogP contribution in [-0.4, -0.2) is 31.0 Å². The second-order valence-electron chi connectivity index (χ2n) is 6.62. The van der Waals surface area contributed by atoms with Gasteiger partial charge in [-0.3, -0.25) is 14.9 Å². The van der Waals surface area contributed by atoms with Crippen molar-refractivity contribution in [2.24, 2.45) is 5.41 Å². The SMILES string of the molecule is CCCC1(C)CCCN(c2ccc([N+](=O)[O-])cc2C(=O)NC)C1. The maximum atomic E-state index is 12.2. The fourth-order valence-electron chi connectivity index (χ4n) is 3.56. The highest BCUT2D eigenvalue weighted by Gasteiger charge is 2.32. The zero-order valence-electron chi connectivity index (χ0n) is 14.1. The fraction of sp³-hybridized carbons (Fsp3) is 0.588. The van der Waals surface area contributed by atoms with Crippen LogP contribution in [0.4, 0.5) is 11.4 Å². The van der Waals surface area contributed by atoms with Crippen LogP contribution in [0.25, 0.3) is 0 Å². The number of hydrogen-bond donors (Lipinski definition) is 1. The number of nitro groups is 1. The van der Waals surface area contributed by atoms with E-state index in [9.17, 15) is 14.9 Å². The third kappa shape index (κ3) is 3.81. The van der Waals surface area contributed by atoms with Crippen molar-refractivity contribution in [1.82, 2.24) is 5.32 Å². The van der Waals surface area contributed by atoms with Gasteiger partial charge in [-0.1, -0.05) is 20.3 Å². The van der Waals surface area contributed by atoms with E-state index >= 15 is 0 Å². The molecule has 0 radical (unpaired) electrons. The van der Waals surface area contributed by atoms with Gasteiger partial charge in [0.2, 0.25) is 0 Å². The predicted octanol–water partition coefficient (Wildman–Crippen LogP) is 3.36. The van der Waals surface area contributed by atoms with Gasteiger partial charge in [0.15, 0.2) is 0 Å². The Labute approximate surface area is 137 Å². The molecule has 1 atom stereocenters. The molecule has 0 aromatic heterocycles. The Kier molecular flexibility index (Phi) is 5.23. The highest BCUT2D eigenvalue weighted by molar-refractivity contribution is 6.00. The average Bonchev–Trinajstić information content (AvgIpc) is 2.53. The lowest BCUT2D eigenvalue weighted by molar-refractivity contribution is -0.384. The largest absolute Gasteiger partial charge is 0.370 e. The van der Waals surface area contributed by atoms with Crippen LogP contribution in [0.2, 0.25) is 0 Å². The van der Waals surface area contributed by atoms with Crippen LogP contribution in [0, 0.1) is 15.5 Å². The summed E-state index contributed by atoms with van der Waals surface area (Å²) in [5.41, 5.74) is 1.34. The van der Waals surface area contributed by atoms with Crippen molar-refractivity contribution in [3.63, 3.8) is 0 Å². The Balaban J connectivity index is 2.37. The van der Waals surface area contributed by atoms with Gasteiger partial charge in [0, 0.05) is 32.3 Å². The number of piperidine rings is 1. The first-order chi connectivity index (χ1) is 10.9. The smallest absolute Gasteiger partial charge is 0.270 e. The Morgan fingerprint density at radius 3 is 2.83 bits per heavy atom. The first-order valence-corrected chi connectivity index (χ1v) is 8.15. The van der Waals surface area contributed by atoms with E-state index in [1.807, 2.05) is 0 Å². The summed E-state index contributed by atoms with van der Waals surface area (Å²) in [6, 6.07) is 4.56. The van der Waals surface area contributed by atoms with E-state index in [1.165, 1.54) is 18.6 Å². The Bertz CT molecular complexity index is 599. The molecule has 1 aromatic rings. The summed E-state index contributed by atoms with van der Waals surface area (Å²) >= 11 is 0. The zero-order chi connectivity index (χ0) is 17.0.